The van der Waals surface area contributed by atoms with Crippen LogP contribution < -0.4 is 0 Å². The van der Waals surface area contributed by atoms with Crippen molar-refractivity contribution in [2.75, 3.05) is 6.54 Å². The highest BCUT2D eigenvalue weighted by atomic mass is 15.2. The topological polar surface area (TPSA) is 3.24 Å². The minimum Gasteiger partial charge on any atom is -0.297 e. The van der Waals surface area contributed by atoms with Gasteiger partial charge in [-0.25, -0.2) is 0 Å². The van der Waals surface area contributed by atoms with E-state index in [2.05, 4.69) is 11.8 Å². The maximum Gasteiger partial charge on any atom is 0.00981 e. The Morgan fingerprint density at radius 3 is 1.42 bits per heavy atom. The van der Waals surface area contributed by atoms with Crippen LogP contribution in [0.15, 0.2) is 0 Å². The van der Waals surface area contributed by atoms with Gasteiger partial charge in [0.1, 0.15) is 0 Å². The summed E-state index contributed by atoms with van der Waals surface area (Å²) in [5.41, 5.74) is 0. The molecule has 2 rings (SSSR count). The maximum absolute atomic E-state index is 3.00. The van der Waals surface area contributed by atoms with Gasteiger partial charge in [0.25, 0.3) is 0 Å². The molecule has 0 atom stereocenters. The number of hydrogen-bond donors (Lipinski definition) is 0. The largest absolute Gasteiger partial charge is 0.297 e. The van der Waals surface area contributed by atoms with Gasteiger partial charge in [-0.15, -0.1) is 0 Å². The molecule has 0 aliphatic heterocycles. The molecule has 0 N–H and O–H groups in total. The van der Waals surface area contributed by atoms with Gasteiger partial charge in [0.15, 0.2) is 0 Å². The second kappa shape index (κ2) is 13.2. The molecule has 2 fully saturated rings. The monoisotopic (exact) mass is 335 g/mol. The summed E-state index contributed by atoms with van der Waals surface area (Å²) in [6, 6.07) is 1.88. The smallest absolute Gasteiger partial charge is 0.00981 e. The second-order valence-electron chi connectivity index (χ2n) is 8.65. The Morgan fingerprint density at radius 1 is 0.542 bits per heavy atom. The summed E-state index contributed by atoms with van der Waals surface area (Å²) in [6.45, 7) is 3.72. The molecule has 0 amide bonds. The highest BCUT2D eigenvalue weighted by molar-refractivity contribution is 4.83. The van der Waals surface area contributed by atoms with Gasteiger partial charge in [-0.3, -0.25) is 4.90 Å². The van der Waals surface area contributed by atoms with Crippen LogP contribution in [0.2, 0.25) is 0 Å². The predicted molar refractivity (Wildman–Crippen MR) is 108 cm³/mol. The molecule has 0 bridgehead atoms. The molecule has 0 radical (unpaired) electrons. The Hall–Kier alpha value is -0.0400. The van der Waals surface area contributed by atoms with E-state index in [9.17, 15) is 0 Å². The average molecular weight is 336 g/mol. The first-order valence-electron chi connectivity index (χ1n) is 11.7. The highest BCUT2D eigenvalue weighted by Crippen LogP contribution is 2.30. The quantitative estimate of drug-likeness (QED) is 0.334. The summed E-state index contributed by atoms with van der Waals surface area (Å²) in [5.74, 6) is 0. The third kappa shape index (κ3) is 7.89. The van der Waals surface area contributed by atoms with E-state index < -0.39 is 0 Å². The summed E-state index contributed by atoms with van der Waals surface area (Å²) in [6.07, 6.45) is 28.1. The fourth-order valence-electron chi connectivity index (χ4n) is 5.09. The van der Waals surface area contributed by atoms with Gasteiger partial charge >= 0.3 is 0 Å². The lowest BCUT2D eigenvalue weighted by atomic mass is 9.88. The molecule has 2 saturated carbocycles. The Labute approximate surface area is 153 Å². The molecule has 0 aromatic carbocycles. The molecule has 24 heavy (non-hydrogen) atoms. The number of unbranched alkanes of at least 4 members (excludes halogenated alkanes) is 8. The zero-order valence-corrected chi connectivity index (χ0v) is 16.7. The first kappa shape index (κ1) is 20.3. The standard InChI is InChI=1S/C23H45N/c1-2-3-4-5-6-7-8-9-16-21-24(22-17-12-10-13-18-22)23-19-14-11-15-20-23/h22-23H,2-21H2,1H3. The van der Waals surface area contributed by atoms with Gasteiger partial charge < -0.3 is 0 Å². The SMILES string of the molecule is CCCCCCCCCCCN(C1CCCCC1)C1CCCCC1. The number of nitrogens with zero attached hydrogens (tertiary/aromatic N) is 1. The molecule has 0 aromatic heterocycles. The summed E-state index contributed by atoms with van der Waals surface area (Å²) >= 11 is 0. The molecular weight excluding hydrogens is 290 g/mol. The van der Waals surface area contributed by atoms with Crippen LogP contribution in [0.5, 0.6) is 0 Å². The van der Waals surface area contributed by atoms with Crippen molar-refractivity contribution in [3.8, 4) is 0 Å². The fraction of sp³-hybridized carbons (Fsp3) is 1.00. The molecule has 1 heteroatoms. The lowest BCUT2D eigenvalue weighted by Gasteiger charge is -2.41. The van der Waals surface area contributed by atoms with Crippen molar-refractivity contribution < 1.29 is 0 Å². The lowest BCUT2D eigenvalue weighted by molar-refractivity contribution is 0.0788. The van der Waals surface area contributed by atoms with E-state index in [1.54, 1.807) is 0 Å². The molecule has 0 saturated heterocycles. The molecule has 142 valence electrons. The normalized spacial score (nSPS) is 20.8. The van der Waals surface area contributed by atoms with Crippen LogP contribution in [0, 0.1) is 0 Å². The molecule has 2 aliphatic rings. The summed E-state index contributed by atoms with van der Waals surface area (Å²) in [7, 11) is 0. The van der Waals surface area contributed by atoms with Crippen LogP contribution in [0.4, 0.5) is 0 Å². The van der Waals surface area contributed by atoms with Crippen molar-refractivity contribution in [1.82, 2.24) is 4.90 Å². The van der Waals surface area contributed by atoms with E-state index in [1.165, 1.54) is 129 Å². The third-order valence-electron chi connectivity index (χ3n) is 6.61. The Balaban J connectivity index is 1.61. The number of hydrogen-bond acceptors (Lipinski definition) is 1. The zero-order valence-electron chi connectivity index (χ0n) is 16.7. The number of rotatable bonds is 12. The van der Waals surface area contributed by atoms with Crippen LogP contribution in [0.25, 0.3) is 0 Å². The molecule has 0 spiro atoms. The van der Waals surface area contributed by atoms with Gasteiger partial charge in [-0.1, -0.05) is 96.8 Å². The van der Waals surface area contributed by atoms with Gasteiger partial charge in [-0.2, -0.15) is 0 Å². The van der Waals surface area contributed by atoms with E-state index in [0.29, 0.717) is 0 Å². The van der Waals surface area contributed by atoms with Gasteiger partial charge in [0.2, 0.25) is 0 Å². The molecule has 1 nitrogen and oxygen atoms in total. The first-order chi connectivity index (χ1) is 11.9. The predicted octanol–water partition coefficient (Wildman–Crippen LogP) is 7.48. The average Bonchev–Trinajstić information content (AvgIpc) is 2.65. The van der Waals surface area contributed by atoms with E-state index >= 15 is 0 Å². The van der Waals surface area contributed by atoms with Crippen molar-refractivity contribution in [2.45, 2.75) is 141 Å². The van der Waals surface area contributed by atoms with Crippen molar-refractivity contribution in [1.29, 1.82) is 0 Å². The molecule has 0 heterocycles. The Kier molecular flexibility index (Phi) is 11.2. The van der Waals surface area contributed by atoms with Crippen molar-refractivity contribution >= 4 is 0 Å². The van der Waals surface area contributed by atoms with E-state index in [4.69, 9.17) is 0 Å². The van der Waals surface area contributed by atoms with E-state index in [-0.39, 0.29) is 0 Å². The van der Waals surface area contributed by atoms with Crippen LogP contribution in [-0.2, 0) is 0 Å². The van der Waals surface area contributed by atoms with Gasteiger partial charge in [0, 0.05) is 12.1 Å². The molecule has 2 aliphatic carbocycles. The summed E-state index contributed by atoms with van der Waals surface area (Å²) in [5, 5.41) is 0. The molecule has 0 aromatic rings. The molecular formula is C23H45N. The van der Waals surface area contributed by atoms with E-state index in [0.717, 1.165) is 12.1 Å². The van der Waals surface area contributed by atoms with Crippen LogP contribution >= 0.6 is 0 Å². The van der Waals surface area contributed by atoms with Crippen molar-refractivity contribution in [3.05, 3.63) is 0 Å². The van der Waals surface area contributed by atoms with Crippen molar-refractivity contribution in [3.63, 3.8) is 0 Å². The van der Waals surface area contributed by atoms with E-state index in [1.807, 2.05) is 0 Å². The minimum atomic E-state index is 0.941. The first-order valence-corrected chi connectivity index (χ1v) is 11.7. The van der Waals surface area contributed by atoms with Crippen LogP contribution in [-0.4, -0.2) is 23.5 Å². The third-order valence-corrected chi connectivity index (χ3v) is 6.61. The van der Waals surface area contributed by atoms with Crippen LogP contribution in [0.1, 0.15) is 129 Å². The highest BCUT2D eigenvalue weighted by Gasteiger charge is 2.28. The Bertz CT molecular complexity index is 258. The maximum atomic E-state index is 3.00. The Morgan fingerprint density at radius 2 is 0.958 bits per heavy atom. The van der Waals surface area contributed by atoms with Gasteiger partial charge in [0.05, 0.1) is 0 Å². The van der Waals surface area contributed by atoms with Crippen LogP contribution in [0.3, 0.4) is 0 Å². The lowest BCUT2D eigenvalue weighted by Crippen LogP contribution is -2.45. The minimum absolute atomic E-state index is 0.941. The van der Waals surface area contributed by atoms with Crippen molar-refractivity contribution in [2.24, 2.45) is 0 Å². The second-order valence-corrected chi connectivity index (χ2v) is 8.65. The zero-order chi connectivity index (χ0) is 16.9. The summed E-state index contributed by atoms with van der Waals surface area (Å²) < 4.78 is 0. The fourth-order valence-corrected chi connectivity index (χ4v) is 5.09. The van der Waals surface area contributed by atoms with Gasteiger partial charge in [-0.05, 0) is 38.6 Å². The molecule has 0 unspecified atom stereocenters. The summed E-state index contributed by atoms with van der Waals surface area (Å²) in [4.78, 5) is 3.00.